The van der Waals surface area contributed by atoms with Gasteiger partial charge in [-0.1, -0.05) is 23.2 Å². The van der Waals surface area contributed by atoms with Crippen molar-refractivity contribution in [2.24, 2.45) is 0 Å². The Bertz CT molecular complexity index is 918. The molecule has 0 radical (unpaired) electrons. The first-order valence-electron chi connectivity index (χ1n) is 7.44. The van der Waals surface area contributed by atoms with Crippen LogP contribution in [0.25, 0.3) is 22.2 Å². The van der Waals surface area contributed by atoms with Gasteiger partial charge in [0.1, 0.15) is 5.75 Å². The molecule has 2 N–H and O–H groups in total. The van der Waals surface area contributed by atoms with Gasteiger partial charge in [0.2, 0.25) is 0 Å². The quantitative estimate of drug-likeness (QED) is 0.657. The smallest absolute Gasteiger partial charge is 0.307 e. The largest absolute Gasteiger partial charge is 0.494 e. The molecule has 0 saturated heterocycles. The van der Waals surface area contributed by atoms with Crippen molar-refractivity contribution in [1.82, 2.24) is 4.98 Å². The second-order valence-corrected chi connectivity index (χ2v) is 6.16. The van der Waals surface area contributed by atoms with Gasteiger partial charge in [-0.25, -0.2) is 0 Å². The Morgan fingerprint density at radius 1 is 1.21 bits per heavy atom. The van der Waals surface area contributed by atoms with E-state index in [1.165, 1.54) is 0 Å². The van der Waals surface area contributed by atoms with Gasteiger partial charge in [-0.2, -0.15) is 0 Å². The second kappa shape index (κ2) is 6.75. The van der Waals surface area contributed by atoms with Crippen LogP contribution in [0.2, 0.25) is 10.0 Å². The number of nitrogens with one attached hydrogen (secondary N) is 1. The third kappa shape index (κ3) is 3.21. The maximum Gasteiger partial charge on any atom is 0.307 e. The van der Waals surface area contributed by atoms with E-state index in [2.05, 4.69) is 4.98 Å². The average molecular weight is 364 g/mol. The molecular formula is C18H15Cl2NO3. The summed E-state index contributed by atoms with van der Waals surface area (Å²) in [7, 11) is 0. The second-order valence-electron chi connectivity index (χ2n) is 5.31. The zero-order valence-corrected chi connectivity index (χ0v) is 14.4. The standard InChI is InChI=1S/C18H15Cl2NO3/c1-2-24-11-4-6-16-13(8-11)14(9-17(22)23)18(21-16)12-5-3-10(19)7-15(12)20/h3-8,21H,2,9H2,1H3,(H,22,23). The highest BCUT2D eigenvalue weighted by Gasteiger charge is 2.18. The van der Waals surface area contributed by atoms with E-state index in [0.29, 0.717) is 39.2 Å². The molecule has 4 nitrogen and oxygen atoms in total. The van der Waals surface area contributed by atoms with E-state index >= 15 is 0 Å². The summed E-state index contributed by atoms with van der Waals surface area (Å²) in [5.41, 5.74) is 2.90. The molecule has 2 aromatic carbocycles. The molecule has 0 unspecified atom stereocenters. The number of hydrogen-bond donors (Lipinski definition) is 2. The maximum absolute atomic E-state index is 11.3. The number of hydrogen-bond acceptors (Lipinski definition) is 2. The highest BCUT2D eigenvalue weighted by molar-refractivity contribution is 6.36. The van der Waals surface area contributed by atoms with Crippen molar-refractivity contribution >= 4 is 40.1 Å². The summed E-state index contributed by atoms with van der Waals surface area (Å²) in [6.45, 7) is 2.44. The first kappa shape index (κ1) is 16.7. The number of carbonyl (C=O) groups is 1. The number of H-pyrrole nitrogens is 1. The number of aromatic amines is 1. The molecule has 0 spiro atoms. The fourth-order valence-corrected chi connectivity index (χ4v) is 3.24. The molecular weight excluding hydrogens is 349 g/mol. The number of benzene rings is 2. The Hall–Kier alpha value is -2.17. The van der Waals surface area contributed by atoms with Crippen LogP contribution in [0.4, 0.5) is 0 Å². The fourth-order valence-electron chi connectivity index (χ4n) is 2.74. The molecule has 0 bridgehead atoms. The van der Waals surface area contributed by atoms with Crippen LogP contribution in [0.1, 0.15) is 12.5 Å². The van der Waals surface area contributed by atoms with Crippen LogP contribution in [-0.2, 0) is 11.2 Å². The fraction of sp³-hybridized carbons (Fsp3) is 0.167. The Labute approximate surface area is 149 Å². The molecule has 0 aliphatic rings. The van der Waals surface area contributed by atoms with Crippen molar-refractivity contribution in [3.63, 3.8) is 0 Å². The Balaban J connectivity index is 2.24. The van der Waals surface area contributed by atoms with Crippen molar-refractivity contribution in [1.29, 1.82) is 0 Å². The third-order valence-electron chi connectivity index (χ3n) is 3.72. The molecule has 0 aliphatic heterocycles. The lowest BCUT2D eigenvalue weighted by molar-refractivity contribution is -0.136. The lowest BCUT2D eigenvalue weighted by Gasteiger charge is -2.06. The zero-order chi connectivity index (χ0) is 17.3. The summed E-state index contributed by atoms with van der Waals surface area (Å²) < 4.78 is 5.52. The molecule has 0 fully saturated rings. The minimum absolute atomic E-state index is 0.121. The third-order valence-corrected chi connectivity index (χ3v) is 4.26. The predicted octanol–water partition coefficient (Wildman–Crippen LogP) is 5.17. The van der Waals surface area contributed by atoms with Crippen LogP contribution < -0.4 is 4.74 Å². The Kier molecular flexibility index (Phi) is 4.69. The summed E-state index contributed by atoms with van der Waals surface area (Å²) in [6, 6.07) is 10.7. The van der Waals surface area contributed by atoms with Crippen LogP contribution in [0.15, 0.2) is 36.4 Å². The van der Waals surface area contributed by atoms with E-state index in [0.717, 1.165) is 10.9 Å². The van der Waals surface area contributed by atoms with Gasteiger partial charge in [-0.05, 0) is 48.9 Å². The lowest BCUT2D eigenvalue weighted by Crippen LogP contribution is -2.01. The number of fused-ring (bicyclic) bond motifs is 1. The van der Waals surface area contributed by atoms with E-state index in [1.54, 1.807) is 18.2 Å². The molecule has 124 valence electrons. The molecule has 0 atom stereocenters. The number of ether oxygens (including phenoxy) is 1. The van der Waals surface area contributed by atoms with Crippen LogP contribution in [0, 0.1) is 0 Å². The zero-order valence-electron chi connectivity index (χ0n) is 12.9. The minimum atomic E-state index is -0.913. The monoisotopic (exact) mass is 363 g/mol. The highest BCUT2D eigenvalue weighted by Crippen LogP contribution is 2.37. The summed E-state index contributed by atoms with van der Waals surface area (Å²) in [4.78, 5) is 14.6. The number of aliphatic carboxylic acids is 1. The van der Waals surface area contributed by atoms with E-state index in [-0.39, 0.29) is 6.42 Å². The first-order valence-corrected chi connectivity index (χ1v) is 8.19. The molecule has 1 heterocycles. The molecule has 24 heavy (non-hydrogen) atoms. The van der Waals surface area contributed by atoms with Gasteiger partial charge in [-0.3, -0.25) is 4.79 Å². The topological polar surface area (TPSA) is 62.3 Å². The van der Waals surface area contributed by atoms with Gasteiger partial charge in [0.05, 0.1) is 23.7 Å². The summed E-state index contributed by atoms with van der Waals surface area (Å²) in [5, 5.41) is 11.1. The average Bonchev–Trinajstić information content (AvgIpc) is 2.85. The van der Waals surface area contributed by atoms with Gasteiger partial charge >= 0.3 is 5.97 Å². The summed E-state index contributed by atoms with van der Waals surface area (Å²) >= 11 is 12.3. The summed E-state index contributed by atoms with van der Waals surface area (Å²) in [6.07, 6.45) is -0.121. The van der Waals surface area contributed by atoms with Crippen molar-refractivity contribution in [3.8, 4) is 17.0 Å². The van der Waals surface area contributed by atoms with Crippen molar-refractivity contribution in [2.45, 2.75) is 13.3 Å². The van der Waals surface area contributed by atoms with Gasteiger partial charge in [-0.15, -0.1) is 0 Å². The number of carboxylic acid groups (broad SMARTS) is 1. The first-order chi connectivity index (χ1) is 11.5. The van der Waals surface area contributed by atoms with E-state index in [1.807, 2.05) is 25.1 Å². The van der Waals surface area contributed by atoms with E-state index in [9.17, 15) is 9.90 Å². The number of carboxylic acids is 1. The summed E-state index contributed by atoms with van der Waals surface area (Å²) in [5.74, 6) is -0.214. The van der Waals surface area contributed by atoms with Crippen LogP contribution in [-0.4, -0.2) is 22.7 Å². The highest BCUT2D eigenvalue weighted by atomic mass is 35.5. The van der Waals surface area contributed by atoms with E-state index in [4.69, 9.17) is 27.9 Å². The molecule has 1 aromatic heterocycles. The van der Waals surface area contributed by atoms with Crippen molar-refractivity contribution in [2.75, 3.05) is 6.61 Å². The lowest BCUT2D eigenvalue weighted by atomic mass is 10.0. The molecule has 0 aliphatic carbocycles. The van der Waals surface area contributed by atoms with Crippen LogP contribution in [0.5, 0.6) is 5.75 Å². The molecule has 3 rings (SSSR count). The van der Waals surface area contributed by atoms with Crippen LogP contribution in [0.3, 0.4) is 0 Å². The van der Waals surface area contributed by atoms with Crippen LogP contribution >= 0.6 is 23.2 Å². The minimum Gasteiger partial charge on any atom is -0.494 e. The molecule has 6 heteroatoms. The maximum atomic E-state index is 11.3. The van der Waals surface area contributed by atoms with Gasteiger partial charge in [0.25, 0.3) is 0 Å². The number of rotatable bonds is 5. The van der Waals surface area contributed by atoms with Gasteiger partial charge < -0.3 is 14.8 Å². The molecule has 3 aromatic rings. The number of aromatic nitrogens is 1. The molecule has 0 amide bonds. The van der Waals surface area contributed by atoms with Crippen molar-refractivity contribution < 1.29 is 14.6 Å². The predicted molar refractivity (Wildman–Crippen MR) is 96.3 cm³/mol. The van der Waals surface area contributed by atoms with E-state index < -0.39 is 5.97 Å². The van der Waals surface area contributed by atoms with Gasteiger partial charge in [0, 0.05) is 21.5 Å². The normalized spacial score (nSPS) is 11.0. The SMILES string of the molecule is CCOc1ccc2[nH]c(-c3ccc(Cl)cc3Cl)c(CC(=O)O)c2c1. The Morgan fingerprint density at radius 2 is 2.00 bits per heavy atom. The van der Waals surface area contributed by atoms with Gasteiger partial charge in [0.15, 0.2) is 0 Å². The molecule has 0 saturated carbocycles. The number of halogens is 2. The van der Waals surface area contributed by atoms with Crippen molar-refractivity contribution in [3.05, 3.63) is 52.0 Å². The Morgan fingerprint density at radius 3 is 2.67 bits per heavy atom.